The molecular weight excluding hydrogens is 159 g/mol. The molecule has 1 saturated heterocycles. The van der Waals surface area contributed by atoms with Crippen molar-refractivity contribution in [3.05, 3.63) is 11.5 Å². The fraction of sp³-hybridized carbons (Fsp3) is 0.571. The van der Waals surface area contributed by atoms with Gasteiger partial charge in [0, 0.05) is 6.08 Å². The van der Waals surface area contributed by atoms with Gasteiger partial charge in [-0.25, -0.2) is 4.79 Å². The van der Waals surface area contributed by atoms with Gasteiger partial charge in [-0.1, -0.05) is 6.32 Å². The number of thioether (sulfide) groups is 1. The lowest BCUT2D eigenvalue weighted by molar-refractivity contribution is -0.137. The van der Waals surface area contributed by atoms with Crippen molar-refractivity contribution in [2.75, 3.05) is 6.61 Å². The van der Waals surface area contributed by atoms with Crippen molar-refractivity contribution in [1.82, 2.24) is 0 Å². The number of esters is 1. The summed E-state index contributed by atoms with van der Waals surface area (Å²) in [6.45, 7) is 2.26. The first-order valence-electron chi connectivity index (χ1n) is 3.81. The molecule has 0 aromatic carbocycles. The number of hydrogen-bond donors (Lipinski definition) is 0. The third kappa shape index (κ3) is 4.14. The maximum Gasteiger partial charge on any atom is 0.331 e. The molecule has 0 radical (unpaired) electrons. The Labute approximate surface area is 71.6 Å². The summed E-state index contributed by atoms with van der Waals surface area (Å²) in [5.74, 6) is -0.236. The predicted octanol–water partition coefficient (Wildman–Crippen LogP) is 0.991. The van der Waals surface area contributed by atoms with Crippen LogP contribution in [-0.4, -0.2) is 25.0 Å². The van der Waals surface area contributed by atoms with Gasteiger partial charge in [0.2, 0.25) is 0 Å². The monoisotopic (exact) mass is 170 g/mol. The molecule has 1 aliphatic heterocycles. The highest BCUT2D eigenvalue weighted by Gasteiger charge is 2.22. The third-order valence-electron chi connectivity index (χ3n) is 1.29. The normalized spacial score (nSPS) is 21.4. The first-order valence-corrected chi connectivity index (χ1v) is 4.76. The van der Waals surface area contributed by atoms with E-state index in [1.165, 1.54) is 19.7 Å². The van der Waals surface area contributed by atoms with Gasteiger partial charge in [-0.3, -0.25) is 0 Å². The Bertz CT molecular complexity index is 166. The maximum absolute atomic E-state index is 10.7. The molecule has 0 spiro atoms. The molecule has 1 aliphatic rings. The second kappa shape index (κ2) is 4.49. The fourth-order valence-electron chi connectivity index (χ4n) is 0.600. The van der Waals surface area contributed by atoms with E-state index in [1.54, 1.807) is 18.7 Å². The molecule has 0 saturated carbocycles. The molecule has 1 unspecified atom stereocenters. The molecule has 0 N–H and O–H groups in total. The maximum atomic E-state index is 10.7. The van der Waals surface area contributed by atoms with Crippen LogP contribution in [0.25, 0.3) is 0 Å². The molecule has 60 valence electrons. The Kier molecular flexibility index (Phi) is 3.56. The van der Waals surface area contributed by atoms with Gasteiger partial charge < -0.3 is 4.74 Å². The van der Waals surface area contributed by atoms with Gasteiger partial charge >= 0.3 is 5.97 Å². The van der Waals surface area contributed by atoms with Gasteiger partial charge in [0.1, 0.15) is 7.28 Å². The smallest absolute Gasteiger partial charge is 0.331 e. The van der Waals surface area contributed by atoms with E-state index in [0.29, 0.717) is 6.61 Å². The standard InChI is InChI=1S/C7H11BO2S/c1-2-10-7(9)3-4-11-6-5-8-6/h3-4,6,8H,2,5H2,1H3/b4-3+. The van der Waals surface area contributed by atoms with E-state index >= 15 is 0 Å². The summed E-state index contributed by atoms with van der Waals surface area (Å²) in [6, 6.07) is 0. The van der Waals surface area contributed by atoms with Crippen LogP contribution in [0.2, 0.25) is 6.32 Å². The lowest BCUT2D eigenvalue weighted by Crippen LogP contribution is -1.98. The molecule has 4 heteroatoms. The molecule has 0 aromatic heterocycles. The number of ether oxygens (including phenoxy) is 1. The lowest BCUT2D eigenvalue weighted by Gasteiger charge is -1.93. The summed E-state index contributed by atoms with van der Waals surface area (Å²) < 4.78 is 4.71. The van der Waals surface area contributed by atoms with E-state index < -0.39 is 0 Å². The largest absolute Gasteiger partial charge is 0.463 e. The van der Waals surface area contributed by atoms with Crippen LogP contribution in [0.15, 0.2) is 11.5 Å². The SMILES string of the molecule is CCOC(=O)/C=C/SC1BC1. The zero-order valence-electron chi connectivity index (χ0n) is 6.58. The van der Waals surface area contributed by atoms with Gasteiger partial charge in [-0.2, -0.15) is 0 Å². The molecule has 1 atom stereocenters. The molecule has 0 bridgehead atoms. The highest BCUT2D eigenvalue weighted by atomic mass is 32.2. The predicted molar refractivity (Wildman–Crippen MR) is 49.1 cm³/mol. The lowest BCUT2D eigenvalue weighted by atomic mass is 10.1. The van der Waals surface area contributed by atoms with E-state index in [-0.39, 0.29) is 5.97 Å². The Hall–Kier alpha value is -0.375. The van der Waals surface area contributed by atoms with Crippen LogP contribution in [0.1, 0.15) is 6.92 Å². The molecule has 0 amide bonds. The highest BCUT2D eigenvalue weighted by molar-refractivity contribution is 8.04. The molecule has 0 aromatic rings. The van der Waals surface area contributed by atoms with Gasteiger partial charge in [0.25, 0.3) is 0 Å². The number of carbonyl (C=O) groups is 1. The van der Waals surface area contributed by atoms with Gasteiger partial charge in [0.05, 0.1) is 6.61 Å². The number of rotatable bonds is 4. The minimum Gasteiger partial charge on any atom is -0.463 e. The third-order valence-corrected chi connectivity index (χ3v) is 2.44. The highest BCUT2D eigenvalue weighted by Crippen LogP contribution is 2.26. The van der Waals surface area contributed by atoms with Crippen LogP contribution < -0.4 is 0 Å². The average Bonchev–Trinajstić information content (AvgIpc) is 2.72. The van der Waals surface area contributed by atoms with Crippen LogP contribution in [-0.2, 0) is 9.53 Å². The van der Waals surface area contributed by atoms with Crippen LogP contribution in [0, 0.1) is 0 Å². The molecule has 1 heterocycles. The van der Waals surface area contributed by atoms with Crippen molar-refractivity contribution in [2.24, 2.45) is 0 Å². The average molecular weight is 170 g/mol. The van der Waals surface area contributed by atoms with E-state index in [1.807, 2.05) is 5.41 Å². The minimum atomic E-state index is -0.236. The molecule has 1 fully saturated rings. The summed E-state index contributed by atoms with van der Waals surface area (Å²) in [7, 11) is 1.29. The molecule has 1 rings (SSSR count). The fourth-order valence-corrected chi connectivity index (χ4v) is 1.42. The van der Waals surface area contributed by atoms with Gasteiger partial charge in [-0.15, -0.1) is 11.8 Å². The van der Waals surface area contributed by atoms with Crippen molar-refractivity contribution in [3.63, 3.8) is 0 Å². The Morgan fingerprint density at radius 1 is 1.91 bits per heavy atom. The Balaban J connectivity index is 2.06. The summed E-state index contributed by atoms with van der Waals surface area (Å²) in [4.78, 5) is 10.7. The quantitative estimate of drug-likeness (QED) is 0.357. The van der Waals surface area contributed by atoms with Crippen molar-refractivity contribution in [2.45, 2.75) is 18.4 Å². The van der Waals surface area contributed by atoms with E-state index in [9.17, 15) is 4.79 Å². The minimum absolute atomic E-state index is 0.236. The van der Waals surface area contributed by atoms with E-state index in [2.05, 4.69) is 0 Å². The zero-order valence-corrected chi connectivity index (χ0v) is 7.39. The van der Waals surface area contributed by atoms with Crippen LogP contribution >= 0.6 is 11.8 Å². The molecule has 11 heavy (non-hydrogen) atoms. The first-order chi connectivity index (χ1) is 5.33. The number of carbonyl (C=O) groups excluding carboxylic acids is 1. The van der Waals surface area contributed by atoms with Crippen molar-refractivity contribution in [1.29, 1.82) is 0 Å². The summed E-state index contributed by atoms with van der Waals surface area (Å²) >= 11 is 1.72. The topological polar surface area (TPSA) is 26.3 Å². The molecule has 2 nitrogen and oxygen atoms in total. The summed E-state index contributed by atoms with van der Waals surface area (Å²) in [6.07, 6.45) is 2.78. The second-order valence-electron chi connectivity index (χ2n) is 2.39. The van der Waals surface area contributed by atoms with Gasteiger partial charge in [0.15, 0.2) is 0 Å². The van der Waals surface area contributed by atoms with E-state index in [0.717, 1.165) is 5.15 Å². The Morgan fingerprint density at radius 3 is 3.18 bits per heavy atom. The zero-order chi connectivity index (χ0) is 8.10. The van der Waals surface area contributed by atoms with E-state index in [4.69, 9.17) is 4.74 Å². The van der Waals surface area contributed by atoms with Crippen molar-refractivity contribution >= 4 is 25.0 Å². The number of hydrogen-bond acceptors (Lipinski definition) is 3. The van der Waals surface area contributed by atoms with Crippen LogP contribution in [0.5, 0.6) is 0 Å². The molecular formula is C7H11BO2S. The molecule has 0 aliphatic carbocycles. The van der Waals surface area contributed by atoms with Crippen LogP contribution in [0.3, 0.4) is 0 Å². The van der Waals surface area contributed by atoms with Gasteiger partial charge in [-0.05, 0) is 17.5 Å². The summed E-state index contributed by atoms with van der Waals surface area (Å²) in [5, 5.41) is 2.59. The Morgan fingerprint density at radius 2 is 2.64 bits per heavy atom. The van der Waals surface area contributed by atoms with Crippen LogP contribution in [0.4, 0.5) is 0 Å². The first kappa shape index (κ1) is 8.72. The second-order valence-corrected chi connectivity index (χ2v) is 3.60. The van der Waals surface area contributed by atoms with Crippen molar-refractivity contribution < 1.29 is 9.53 Å². The summed E-state index contributed by atoms with van der Waals surface area (Å²) in [5.41, 5.74) is 0. The van der Waals surface area contributed by atoms with Crippen molar-refractivity contribution in [3.8, 4) is 0 Å².